The van der Waals surface area contributed by atoms with Crippen LogP contribution in [0.5, 0.6) is 23.0 Å². The van der Waals surface area contributed by atoms with Crippen LogP contribution in [0.2, 0.25) is 0 Å². The number of hydrogen-bond donors (Lipinski definition) is 4. The van der Waals surface area contributed by atoms with Crippen LogP contribution in [0.1, 0.15) is 20.7 Å². The molecule has 4 amide bonds. The molecule has 2 aromatic carbocycles. The van der Waals surface area contributed by atoms with Crippen molar-refractivity contribution in [3.63, 3.8) is 0 Å². The van der Waals surface area contributed by atoms with Crippen LogP contribution in [0.3, 0.4) is 0 Å². The average molecular weight is 567 g/mol. The summed E-state index contributed by atoms with van der Waals surface area (Å²) in [5.41, 5.74) is 11.4. The lowest BCUT2D eigenvalue weighted by atomic mass is 10.1. The number of hydrogen-bond acceptors (Lipinski definition) is 10. The Labute approximate surface area is 227 Å². The van der Waals surface area contributed by atoms with E-state index in [-0.39, 0.29) is 22.6 Å². The molecule has 0 heterocycles. The summed E-state index contributed by atoms with van der Waals surface area (Å²) in [6, 6.07) is 7.17. The van der Waals surface area contributed by atoms with Gasteiger partial charge in [0.2, 0.25) is 11.8 Å². The van der Waals surface area contributed by atoms with Gasteiger partial charge in [-0.1, -0.05) is 21.6 Å². The van der Waals surface area contributed by atoms with Crippen molar-refractivity contribution >= 4 is 45.2 Å². The number of nitrogens with one attached hydrogen (secondary N) is 2. The maximum atomic E-state index is 12.7. The van der Waals surface area contributed by atoms with Crippen molar-refractivity contribution in [1.29, 1.82) is 0 Å². The summed E-state index contributed by atoms with van der Waals surface area (Å²) in [5.74, 6) is -0.771. The molecule has 12 nitrogen and oxygen atoms in total. The molecule has 0 radical (unpaired) electrons. The van der Waals surface area contributed by atoms with E-state index in [9.17, 15) is 19.2 Å². The van der Waals surface area contributed by atoms with Gasteiger partial charge in [0.15, 0.2) is 0 Å². The van der Waals surface area contributed by atoms with E-state index in [2.05, 4.69) is 10.6 Å². The molecule has 0 aliphatic heterocycles. The van der Waals surface area contributed by atoms with Gasteiger partial charge in [0.1, 0.15) is 35.1 Å². The summed E-state index contributed by atoms with van der Waals surface area (Å²) in [7, 11) is 8.15. The van der Waals surface area contributed by atoms with E-state index in [0.29, 0.717) is 23.0 Å². The molecule has 0 spiro atoms. The smallest absolute Gasteiger partial charge is 0.252 e. The van der Waals surface area contributed by atoms with Gasteiger partial charge in [0.05, 0.1) is 28.4 Å². The second-order valence-electron chi connectivity index (χ2n) is 7.63. The average Bonchev–Trinajstić information content (AvgIpc) is 2.92. The number of carbonyl (C=O) groups excluding carboxylic acids is 4. The van der Waals surface area contributed by atoms with E-state index in [4.69, 9.17) is 30.4 Å². The van der Waals surface area contributed by atoms with Crippen molar-refractivity contribution in [1.82, 2.24) is 10.6 Å². The summed E-state index contributed by atoms with van der Waals surface area (Å²) in [4.78, 5) is 49.3. The molecule has 6 N–H and O–H groups in total. The minimum absolute atomic E-state index is 0.0966. The molecule has 0 saturated heterocycles. The van der Waals surface area contributed by atoms with Crippen LogP contribution >= 0.6 is 21.6 Å². The van der Waals surface area contributed by atoms with Crippen LogP contribution < -0.4 is 41.0 Å². The molecule has 0 aliphatic carbocycles. The largest absolute Gasteiger partial charge is 0.497 e. The molecular formula is C24H30N4O8S2. The van der Waals surface area contributed by atoms with Crippen molar-refractivity contribution < 1.29 is 38.1 Å². The van der Waals surface area contributed by atoms with E-state index < -0.39 is 35.7 Å². The molecule has 206 valence electrons. The zero-order valence-electron chi connectivity index (χ0n) is 21.3. The predicted molar refractivity (Wildman–Crippen MR) is 145 cm³/mol. The van der Waals surface area contributed by atoms with Gasteiger partial charge in [0, 0.05) is 34.8 Å². The summed E-state index contributed by atoms with van der Waals surface area (Å²) in [5, 5.41) is 5.16. The van der Waals surface area contributed by atoms with Crippen LogP contribution in [0, 0.1) is 0 Å². The van der Waals surface area contributed by atoms with E-state index in [1.54, 1.807) is 12.1 Å². The normalized spacial score (nSPS) is 12.0. The van der Waals surface area contributed by atoms with Gasteiger partial charge in [-0.3, -0.25) is 19.2 Å². The molecule has 2 aromatic rings. The fourth-order valence-corrected chi connectivity index (χ4v) is 5.34. The molecule has 0 saturated carbocycles. The zero-order valence-corrected chi connectivity index (χ0v) is 22.9. The molecule has 14 heteroatoms. The number of ether oxygens (including phenoxy) is 4. The fourth-order valence-electron chi connectivity index (χ4n) is 2.98. The Morgan fingerprint density at radius 3 is 1.16 bits per heavy atom. The van der Waals surface area contributed by atoms with E-state index in [0.717, 1.165) is 0 Å². The van der Waals surface area contributed by atoms with Gasteiger partial charge in [-0.25, -0.2) is 0 Å². The Balaban J connectivity index is 1.96. The van der Waals surface area contributed by atoms with Gasteiger partial charge in [-0.15, -0.1) is 0 Å². The van der Waals surface area contributed by atoms with E-state index in [1.807, 2.05) is 0 Å². The zero-order chi connectivity index (χ0) is 28.2. The molecule has 0 aliphatic rings. The molecule has 38 heavy (non-hydrogen) atoms. The minimum Gasteiger partial charge on any atom is -0.497 e. The minimum atomic E-state index is -1.01. The maximum Gasteiger partial charge on any atom is 0.252 e. The van der Waals surface area contributed by atoms with Crippen molar-refractivity contribution in [2.24, 2.45) is 11.5 Å². The van der Waals surface area contributed by atoms with Gasteiger partial charge < -0.3 is 41.0 Å². The molecular weight excluding hydrogens is 536 g/mol. The van der Waals surface area contributed by atoms with Gasteiger partial charge in [0.25, 0.3) is 11.8 Å². The Bertz CT molecular complexity index is 1030. The topological polar surface area (TPSA) is 181 Å². The van der Waals surface area contributed by atoms with Gasteiger partial charge >= 0.3 is 0 Å². The number of benzene rings is 2. The summed E-state index contributed by atoms with van der Waals surface area (Å²) < 4.78 is 20.6. The summed E-state index contributed by atoms with van der Waals surface area (Å²) in [6.45, 7) is 0. The molecule has 0 bridgehead atoms. The molecule has 0 aromatic heterocycles. The monoisotopic (exact) mass is 566 g/mol. The first-order valence-electron chi connectivity index (χ1n) is 11.0. The van der Waals surface area contributed by atoms with E-state index in [1.165, 1.54) is 74.3 Å². The molecule has 2 atom stereocenters. The third-order valence-electron chi connectivity index (χ3n) is 5.08. The Morgan fingerprint density at radius 2 is 0.921 bits per heavy atom. The fraction of sp³-hybridized carbons (Fsp3) is 0.333. The molecule has 0 fully saturated rings. The van der Waals surface area contributed by atoms with Crippen LogP contribution in [-0.4, -0.2) is 75.7 Å². The van der Waals surface area contributed by atoms with Crippen LogP contribution in [0.4, 0.5) is 0 Å². The van der Waals surface area contributed by atoms with Crippen molar-refractivity contribution in [3.05, 3.63) is 47.5 Å². The van der Waals surface area contributed by atoms with Crippen molar-refractivity contribution in [2.75, 3.05) is 39.9 Å². The number of rotatable bonds is 15. The van der Waals surface area contributed by atoms with Crippen molar-refractivity contribution in [2.45, 2.75) is 12.1 Å². The second-order valence-corrected chi connectivity index (χ2v) is 10.2. The molecule has 2 rings (SSSR count). The standard InChI is InChI=1S/C24H30N4O8S2/c1-33-15-5-13(6-16(9-15)34-2)23(31)27-19(21(25)29)11-37-38-12-20(22(26)30)28-24(32)14-7-17(35-3)10-18(8-14)36-4/h5-10,19-20H,11-12H2,1-4H3,(H2,25,29)(H2,26,30)(H,27,31)(H,28,32)/t19-,20-/m0/s1. The van der Waals surface area contributed by atoms with Gasteiger partial charge in [-0.2, -0.15) is 0 Å². The lowest BCUT2D eigenvalue weighted by Gasteiger charge is -2.18. The summed E-state index contributed by atoms with van der Waals surface area (Å²) in [6.07, 6.45) is 0. The Hall–Kier alpha value is -3.78. The first kappa shape index (κ1) is 30.4. The van der Waals surface area contributed by atoms with Crippen LogP contribution in [0.25, 0.3) is 0 Å². The number of primary amides is 2. The number of amides is 4. The second kappa shape index (κ2) is 14.8. The SMILES string of the molecule is COc1cc(OC)cc(C(=O)N[C@@H](CSSC[C@H](NC(=O)c2cc(OC)cc(OC)c2)C(N)=O)C(N)=O)c1. The third kappa shape index (κ3) is 8.95. The third-order valence-corrected chi connectivity index (χ3v) is 7.50. The number of carbonyl (C=O) groups is 4. The lowest BCUT2D eigenvalue weighted by molar-refractivity contribution is -0.120. The number of nitrogens with two attached hydrogens (primary N) is 2. The first-order chi connectivity index (χ1) is 18.1. The first-order valence-corrected chi connectivity index (χ1v) is 13.5. The van der Waals surface area contributed by atoms with Crippen molar-refractivity contribution in [3.8, 4) is 23.0 Å². The summed E-state index contributed by atoms with van der Waals surface area (Å²) >= 11 is 0. The lowest BCUT2D eigenvalue weighted by Crippen LogP contribution is -2.46. The highest BCUT2D eigenvalue weighted by atomic mass is 33.1. The highest BCUT2D eigenvalue weighted by molar-refractivity contribution is 8.76. The number of methoxy groups -OCH3 is 4. The highest BCUT2D eigenvalue weighted by Gasteiger charge is 2.23. The Kier molecular flexibility index (Phi) is 11.9. The predicted octanol–water partition coefficient (Wildman–Crippen LogP) is 0.970. The van der Waals surface area contributed by atoms with Gasteiger partial charge in [-0.05, 0) is 24.3 Å². The maximum absolute atomic E-state index is 12.7. The van der Waals surface area contributed by atoms with Crippen LogP contribution in [-0.2, 0) is 9.59 Å². The van der Waals surface area contributed by atoms with Crippen LogP contribution in [0.15, 0.2) is 36.4 Å². The Morgan fingerprint density at radius 1 is 0.632 bits per heavy atom. The quantitative estimate of drug-likeness (QED) is 0.179. The molecule has 0 unspecified atom stereocenters. The van der Waals surface area contributed by atoms with E-state index >= 15 is 0 Å². The highest BCUT2D eigenvalue weighted by Crippen LogP contribution is 2.26.